The van der Waals surface area contributed by atoms with Crippen LogP contribution in [0.3, 0.4) is 0 Å². The molecule has 0 saturated heterocycles. The van der Waals surface area contributed by atoms with E-state index in [0.717, 1.165) is 0 Å². The quantitative estimate of drug-likeness (QED) is 0.528. The Morgan fingerprint density at radius 2 is 1.91 bits per heavy atom. The Bertz CT molecular complexity index is 98.6. The van der Waals surface area contributed by atoms with Gasteiger partial charge in [0, 0.05) is 0 Å². The van der Waals surface area contributed by atoms with E-state index in [2.05, 4.69) is 26.5 Å². The van der Waals surface area contributed by atoms with Gasteiger partial charge in [0.15, 0.2) is 0 Å². The van der Waals surface area contributed by atoms with E-state index in [1.165, 1.54) is 24.8 Å². The second-order valence-corrected chi connectivity index (χ2v) is 2.17. The monoisotopic (exact) mass is 154 g/mol. The number of hydrogen-bond acceptors (Lipinski definition) is 0. The second kappa shape index (κ2) is 12.2. The van der Waals surface area contributed by atoms with Crippen molar-refractivity contribution >= 4 is 0 Å². The molecule has 0 unspecified atom stereocenters. The van der Waals surface area contributed by atoms with E-state index < -0.39 is 0 Å². The van der Waals surface area contributed by atoms with E-state index in [1.807, 2.05) is 19.9 Å². The van der Waals surface area contributed by atoms with Gasteiger partial charge in [0.1, 0.15) is 0 Å². The van der Waals surface area contributed by atoms with Crippen LogP contribution in [-0.4, -0.2) is 0 Å². The maximum atomic E-state index is 3.72. The molecule has 0 atom stereocenters. The molecule has 0 aromatic rings. The molecule has 0 nitrogen and oxygen atoms in total. The minimum Gasteiger partial charge on any atom is -0.0988 e. The maximum absolute atomic E-state index is 3.72. The molecule has 11 heavy (non-hydrogen) atoms. The van der Waals surface area contributed by atoms with Gasteiger partial charge in [-0.3, -0.25) is 0 Å². The summed E-state index contributed by atoms with van der Waals surface area (Å²) in [6.45, 7) is 12.0. The number of unbranched alkanes of at least 4 members (excludes halogenated alkanes) is 1. The summed E-state index contributed by atoms with van der Waals surface area (Å²) < 4.78 is 0. The second-order valence-electron chi connectivity index (χ2n) is 2.17. The Kier molecular flexibility index (Phi) is 14.5. The minimum absolute atomic E-state index is 1.19. The van der Waals surface area contributed by atoms with Gasteiger partial charge in [-0.05, 0) is 19.8 Å². The maximum Gasteiger partial charge on any atom is -0.0282 e. The Morgan fingerprint density at radius 1 is 1.36 bits per heavy atom. The van der Waals surface area contributed by atoms with Crippen LogP contribution in [-0.2, 0) is 0 Å². The average Bonchev–Trinajstić information content (AvgIpc) is 2.10. The molecule has 0 aliphatic heterocycles. The molecule has 66 valence electrons. The number of rotatable bonds is 4. The van der Waals surface area contributed by atoms with Gasteiger partial charge in [0.2, 0.25) is 0 Å². The number of hydrogen-bond donors (Lipinski definition) is 0. The molecule has 0 N–H and O–H groups in total. The molecule has 0 saturated carbocycles. The fourth-order valence-corrected chi connectivity index (χ4v) is 0.745. The Hall–Kier alpha value is -0.520. The standard InChI is InChI=1S/C9H16.C2H6/c1-4-7-8-9(5-2)6-3;1-2/h5-6H,2,4,7-8H2,1,3H3;1-2H3/b9-6+;. The van der Waals surface area contributed by atoms with Crippen LogP contribution in [0.15, 0.2) is 24.3 Å². The third kappa shape index (κ3) is 9.48. The molecule has 0 spiro atoms. The first-order chi connectivity index (χ1) is 5.35. The Labute approximate surface area is 72.0 Å². The Balaban J connectivity index is 0. The molecule has 0 heterocycles. The van der Waals surface area contributed by atoms with Crippen molar-refractivity contribution in [1.82, 2.24) is 0 Å². The Morgan fingerprint density at radius 3 is 2.18 bits per heavy atom. The van der Waals surface area contributed by atoms with Crippen molar-refractivity contribution in [3.05, 3.63) is 24.3 Å². The van der Waals surface area contributed by atoms with Crippen molar-refractivity contribution in [3.8, 4) is 0 Å². The summed E-state index contributed by atoms with van der Waals surface area (Å²) in [7, 11) is 0. The van der Waals surface area contributed by atoms with E-state index in [-0.39, 0.29) is 0 Å². The molecule has 0 fully saturated rings. The lowest BCUT2D eigenvalue weighted by Gasteiger charge is -1.96. The minimum atomic E-state index is 1.19. The molecule has 0 radical (unpaired) electrons. The van der Waals surface area contributed by atoms with Crippen molar-refractivity contribution < 1.29 is 0 Å². The first-order valence-corrected chi connectivity index (χ1v) is 4.62. The van der Waals surface area contributed by atoms with E-state index in [1.54, 1.807) is 0 Å². The molecule has 0 aliphatic rings. The van der Waals surface area contributed by atoms with Gasteiger partial charge in [-0.15, -0.1) is 0 Å². The van der Waals surface area contributed by atoms with Crippen LogP contribution in [0.25, 0.3) is 0 Å². The van der Waals surface area contributed by atoms with Crippen molar-refractivity contribution in [2.45, 2.75) is 47.0 Å². The third-order valence-corrected chi connectivity index (χ3v) is 1.45. The normalized spacial score (nSPS) is 10.0. The van der Waals surface area contributed by atoms with Crippen molar-refractivity contribution in [3.63, 3.8) is 0 Å². The lowest BCUT2D eigenvalue weighted by Crippen LogP contribution is -1.76. The van der Waals surface area contributed by atoms with Crippen LogP contribution in [0, 0.1) is 0 Å². The molecule has 0 bridgehead atoms. The zero-order valence-corrected chi connectivity index (χ0v) is 8.48. The van der Waals surface area contributed by atoms with E-state index in [4.69, 9.17) is 0 Å². The zero-order valence-electron chi connectivity index (χ0n) is 8.48. The molecule has 0 rings (SSSR count). The van der Waals surface area contributed by atoms with Crippen molar-refractivity contribution in [1.29, 1.82) is 0 Å². The van der Waals surface area contributed by atoms with Gasteiger partial charge < -0.3 is 0 Å². The molecule has 0 aromatic heterocycles. The van der Waals surface area contributed by atoms with Crippen LogP contribution in [0.2, 0.25) is 0 Å². The highest BCUT2D eigenvalue weighted by Crippen LogP contribution is 2.06. The summed E-state index contributed by atoms with van der Waals surface area (Å²) in [5.74, 6) is 0. The van der Waals surface area contributed by atoms with Gasteiger partial charge in [0.05, 0.1) is 0 Å². The SMILES string of the molecule is C=C/C(=C\C)CCCC.CC. The summed E-state index contributed by atoms with van der Waals surface area (Å²) >= 11 is 0. The van der Waals surface area contributed by atoms with Crippen molar-refractivity contribution in [2.24, 2.45) is 0 Å². The third-order valence-electron chi connectivity index (χ3n) is 1.45. The van der Waals surface area contributed by atoms with E-state index in [0.29, 0.717) is 0 Å². The first-order valence-electron chi connectivity index (χ1n) is 4.62. The smallest absolute Gasteiger partial charge is 0.0282 e. The van der Waals surface area contributed by atoms with Crippen LogP contribution in [0.1, 0.15) is 47.0 Å². The van der Waals surface area contributed by atoms with Gasteiger partial charge in [-0.2, -0.15) is 0 Å². The predicted octanol–water partition coefficient (Wildman–Crippen LogP) is 4.34. The summed E-state index contributed by atoms with van der Waals surface area (Å²) in [5.41, 5.74) is 1.37. The van der Waals surface area contributed by atoms with Gasteiger partial charge >= 0.3 is 0 Å². The fraction of sp³-hybridized carbons (Fsp3) is 0.636. The topological polar surface area (TPSA) is 0 Å². The average molecular weight is 154 g/mol. The van der Waals surface area contributed by atoms with Crippen molar-refractivity contribution in [2.75, 3.05) is 0 Å². The zero-order chi connectivity index (χ0) is 9.11. The van der Waals surface area contributed by atoms with Gasteiger partial charge in [-0.25, -0.2) is 0 Å². The first kappa shape index (κ1) is 13.1. The van der Waals surface area contributed by atoms with E-state index >= 15 is 0 Å². The summed E-state index contributed by atoms with van der Waals surface area (Å²) in [5, 5.41) is 0. The summed E-state index contributed by atoms with van der Waals surface area (Å²) in [6, 6.07) is 0. The molecule has 0 heteroatoms. The molecule has 0 amide bonds. The fourth-order valence-electron chi connectivity index (χ4n) is 0.745. The predicted molar refractivity (Wildman–Crippen MR) is 54.8 cm³/mol. The van der Waals surface area contributed by atoms with Crippen LogP contribution >= 0.6 is 0 Å². The lowest BCUT2D eigenvalue weighted by atomic mass is 10.1. The van der Waals surface area contributed by atoms with Gasteiger partial charge in [0.25, 0.3) is 0 Å². The van der Waals surface area contributed by atoms with Crippen LogP contribution in [0.5, 0.6) is 0 Å². The summed E-state index contributed by atoms with van der Waals surface area (Å²) in [4.78, 5) is 0. The van der Waals surface area contributed by atoms with Crippen LogP contribution in [0.4, 0.5) is 0 Å². The van der Waals surface area contributed by atoms with Crippen LogP contribution < -0.4 is 0 Å². The summed E-state index contributed by atoms with van der Waals surface area (Å²) in [6.07, 6.45) is 7.81. The highest BCUT2D eigenvalue weighted by molar-refractivity contribution is 5.14. The highest BCUT2D eigenvalue weighted by Gasteiger charge is 1.86. The molecular formula is C11H22. The highest BCUT2D eigenvalue weighted by atomic mass is 13.9. The van der Waals surface area contributed by atoms with E-state index in [9.17, 15) is 0 Å². The molecule has 0 aliphatic carbocycles. The van der Waals surface area contributed by atoms with Gasteiger partial charge in [-0.1, -0.05) is 51.5 Å². The lowest BCUT2D eigenvalue weighted by molar-refractivity contribution is 0.797. The number of allylic oxidation sites excluding steroid dienone is 3. The molecule has 0 aromatic carbocycles. The largest absolute Gasteiger partial charge is 0.0988 e. The molecular weight excluding hydrogens is 132 g/mol.